The third-order valence-corrected chi connectivity index (χ3v) is 5.78. The molecule has 3 rings (SSSR count). The number of nitrogens with zero attached hydrogens (tertiary/aromatic N) is 3. The molecule has 0 atom stereocenters. The van der Waals surface area contributed by atoms with Crippen LogP contribution in [0.1, 0.15) is 30.7 Å². The first-order valence-corrected chi connectivity index (χ1v) is 10.5. The minimum atomic E-state index is 0.0402. The van der Waals surface area contributed by atoms with Crippen LogP contribution >= 0.6 is 34.7 Å². The number of benzene rings is 1. The number of piperidine rings is 1. The van der Waals surface area contributed by atoms with E-state index in [1.165, 1.54) is 11.5 Å². The van der Waals surface area contributed by atoms with E-state index in [4.69, 9.17) is 28.2 Å². The number of anilines is 1. The zero-order valence-electron chi connectivity index (χ0n) is 14.5. The average Bonchev–Trinajstić information content (AvgIpc) is 3.11. The molecule has 0 radical (unpaired) electrons. The van der Waals surface area contributed by atoms with Crippen LogP contribution in [0, 0.1) is 5.92 Å². The number of halogens is 2. The summed E-state index contributed by atoms with van der Waals surface area (Å²) in [7, 11) is 0. The Morgan fingerprint density at radius 1 is 1.27 bits per heavy atom. The van der Waals surface area contributed by atoms with Gasteiger partial charge in [-0.15, -0.1) is 11.6 Å². The molecule has 1 aliphatic heterocycles. The van der Waals surface area contributed by atoms with Gasteiger partial charge in [0.1, 0.15) is 5.82 Å². The number of hydrogen-bond donors (Lipinski definition) is 1. The van der Waals surface area contributed by atoms with E-state index in [0.717, 1.165) is 60.4 Å². The Bertz CT molecular complexity index is 714. The van der Waals surface area contributed by atoms with Crippen LogP contribution < -0.4 is 10.2 Å². The largest absolute Gasteiger partial charge is 0.356 e. The quantitative estimate of drug-likeness (QED) is 0.703. The second-order valence-electron chi connectivity index (χ2n) is 6.47. The van der Waals surface area contributed by atoms with Crippen LogP contribution in [0.4, 0.5) is 5.13 Å². The highest BCUT2D eigenvalue weighted by Crippen LogP contribution is 2.25. The molecule has 1 aliphatic rings. The molecule has 1 amide bonds. The maximum absolute atomic E-state index is 11.5. The number of carbonyl (C=O) groups excluding carboxylic acids is 1. The lowest BCUT2D eigenvalue weighted by atomic mass is 9.97. The molecule has 0 unspecified atom stereocenters. The number of hydrogen-bond acceptors (Lipinski definition) is 5. The summed E-state index contributed by atoms with van der Waals surface area (Å²) in [6.45, 7) is 2.64. The normalized spacial score (nSPS) is 15.2. The number of nitrogens with one attached hydrogen (secondary N) is 1. The standard InChI is InChI=1S/C18H22Cl2N4OS/c19-8-5-17(25)21-12-14-6-9-24(10-7-14)18-22-16(23-26-18)11-13-1-3-15(20)4-2-13/h1-4,14H,5-12H2,(H,21,25). The fourth-order valence-electron chi connectivity index (χ4n) is 2.99. The van der Waals surface area contributed by atoms with Gasteiger partial charge < -0.3 is 10.2 Å². The molecule has 26 heavy (non-hydrogen) atoms. The second-order valence-corrected chi connectivity index (χ2v) is 8.01. The molecule has 0 spiro atoms. The van der Waals surface area contributed by atoms with E-state index >= 15 is 0 Å². The van der Waals surface area contributed by atoms with Crippen molar-refractivity contribution in [1.29, 1.82) is 0 Å². The summed E-state index contributed by atoms with van der Waals surface area (Å²) >= 11 is 13.0. The molecule has 2 heterocycles. The Morgan fingerprint density at radius 2 is 2.00 bits per heavy atom. The average molecular weight is 413 g/mol. The van der Waals surface area contributed by atoms with Gasteiger partial charge >= 0.3 is 0 Å². The molecular formula is C18H22Cl2N4OS. The van der Waals surface area contributed by atoms with Gasteiger partial charge in [-0.1, -0.05) is 23.7 Å². The molecule has 0 bridgehead atoms. The van der Waals surface area contributed by atoms with E-state index < -0.39 is 0 Å². The summed E-state index contributed by atoms with van der Waals surface area (Å²) in [5.74, 6) is 1.79. The first kappa shape index (κ1) is 19.4. The van der Waals surface area contributed by atoms with Crippen LogP contribution in [0.3, 0.4) is 0 Å². The molecule has 8 heteroatoms. The van der Waals surface area contributed by atoms with Crippen molar-refractivity contribution in [2.45, 2.75) is 25.7 Å². The van der Waals surface area contributed by atoms with Gasteiger partial charge in [0, 0.05) is 54.9 Å². The van der Waals surface area contributed by atoms with E-state index in [-0.39, 0.29) is 5.91 Å². The molecule has 140 valence electrons. The van der Waals surface area contributed by atoms with E-state index in [0.29, 0.717) is 18.2 Å². The zero-order chi connectivity index (χ0) is 18.4. The van der Waals surface area contributed by atoms with Crippen LogP contribution in [0.2, 0.25) is 5.02 Å². The highest BCUT2D eigenvalue weighted by atomic mass is 35.5. The van der Waals surface area contributed by atoms with Crippen molar-refractivity contribution < 1.29 is 4.79 Å². The Morgan fingerprint density at radius 3 is 2.69 bits per heavy atom. The number of amides is 1. The maximum Gasteiger partial charge on any atom is 0.221 e. The summed E-state index contributed by atoms with van der Waals surface area (Å²) in [5, 5.41) is 4.69. The molecule has 1 aromatic carbocycles. The summed E-state index contributed by atoms with van der Waals surface area (Å²) in [6.07, 6.45) is 3.21. The summed E-state index contributed by atoms with van der Waals surface area (Å²) in [5.41, 5.74) is 1.16. The lowest BCUT2D eigenvalue weighted by molar-refractivity contribution is -0.120. The third kappa shape index (κ3) is 5.56. The third-order valence-electron chi connectivity index (χ3n) is 4.53. The van der Waals surface area contributed by atoms with Crippen LogP contribution in [-0.2, 0) is 11.2 Å². The predicted molar refractivity (Wildman–Crippen MR) is 107 cm³/mol. The van der Waals surface area contributed by atoms with Crippen LogP contribution in [0.15, 0.2) is 24.3 Å². The Kier molecular flexibility index (Phi) is 7.11. The molecule has 5 nitrogen and oxygen atoms in total. The highest BCUT2D eigenvalue weighted by molar-refractivity contribution is 7.09. The number of rotatable bonds is 7. The fraction of sp³-hybridized carbons (Fsp3) is 0.500. The lowest BCUT2D eigenvalue weighted by Gasteiger charge is -2.31. The SMILES string of the molecule is O=C(CCCl)NCC1CCN(c2nc(Cc3ccc(Cl)cc3)ns2)CC1. The van der Waals surface area contributed by atoms with E-state index in [2.05, 4.69) is 14.6 Å². The van der Waals surface area contributed by atoms with Crippen molar-refractivity contribution in [1.82, 2.24) is 14.7 Å². The molecule has 0 saturated carbocycles. The van der Waals surface area contributed by atoms with Crippen molar-refractivity contribution in [3.8, 4) is 0 Å². The number of aromatic nitrogens is 2. The fourth-order valence-corrected chi connectivity index (χ4v) is 4.02. The first-order chi connectivity index (χ1) is 12.6. The minimum Gasteiger partial charge on any atom is -0.356 e. The molecule has 1 saturated heterocycles. The van der Waals surface area contributed by atoms with E-state index in [1.54, 1.807) is 0 Å². The summed E-state index contributed by atoms with van der Waals surface area (Å²) in [4.78, 5) is 18.5. The number of alkyl halides is 1. The molecule has 1 aromatic heterocycles. The van der Waals surface area contributed by atoms with Gasteiger partial charge in [0.05, 0.1) is 0 Å². The highest BCUT2D eigenvalue weighted by Gasteiger charge is 2.22. The topological polar surface area (TPSA) is 58.1 Å². The van der Waals surface area contributed by atoms with Crippen LogP contribution in [0.5, 0.6) is 0 Å². The van der Waals surface area contributed by atoms with E-state index in [1.807, 2.05) is 24.3 Å². The summed E-state index contributed by atoms with van der Waals surface area (Å²) in [6, 6.07) is 7.79. The minimum absolute atomic E-state index is 0.0402. The van der Waals surface area contributed by atoms with Crippen molar-refractivity contribution in [2.75, 3.05) is 30.4 Å². The molecular weight excluding hydrogens is 391 g/mol. The van der Waals surface area contributed by atoms with Crippen molar-refractivity contribution in [3.63, 3.8) is 0 Å². The van der Waals surface area contributed by atoms with Crippen molar-refractivity contribution in [2.24, 2.45) is 5.92 Å². The zero-order valence-corrected chi connectivity index (χ0v) is 16.8. The molecule has 0 aliphatic carbocycles. The van der Waals surface area contributed by atoms with Crippen LogP contribution in [-0.4, -0.2) is 40.8 Å². The smallest absolute Gasteiger partial charge is 0.221 e. The Balaban J connectivity index is 1.47. The molecule has 2 aromatic rings. The lowest BCUT2D eigenvalue weighted by Crippen LogP contribution is -2.38. The van der Waals surface area contributed by atoms with Gasteiger partial charge in [-0.25, -0.2) is 4.98 Å². The Labute approximate surface area is 167 Å². The monoisotopic (exact) mass is 412 g/mol. The van der Waals surface area contributed by atoms with Crippen LogP contribution in [0.25, 0.3) is 0 Å². The van der Waals surface area contributed by atoms with Crippen molar-refractivity contribution in [3.05, 3.63) is 40.7 Å². The number of carbonyl (C=O) groups is 1. The van der Waals surface area contributed by atoms with Gasteiger partial charge in [0.25, 0.3) is 0 Å². The van der Waals surface area contributed by atoms with Gasteiger partial charge in [-0.3, -0.25) is 4.79 Å². The predicted octanol–water partition coefficient (Wildman–Crippen LogP) is 3.74. The second kappa shape index (κ2) is 9.53. The van der Waals surface area contributed by atoms with E-state index in [9.17, 15) is 4.79 Å². The van der Waals surface area contributed by atoms with Gasteiger partial charge in [0.2, 0.25) is 11.0 Å². The van der Waals surface area contributed by atoms with Gasteiger partial charge in [-0.2, -0.15) is 4.37 Å². The van der Waals surface area contributed by atoms with Gasteiger partial charge in [0.15, 0.2) is 0 Å². The molecule has 1 N–H and O–H groups in total. The Hall–Kier alpha value is -1.37. The van der Waals surface area contributed by atoms with Crippen molar-refractivity contribution >= 4 is 45.8 Å². The maximum atomic E-state index is 11.5. The summed E-state index contributed by atoms with van der Waals surface area (Å²) < 4.78 is 4.49. The molecule has 1 fully saturated rings. The first-order valence-electron chi connectivity index (χ1n) is 8.78. The van der Waals surface area contributed by atoms with Gasteiger partial charge in [-0.05, 0) is 36.5 Å².